The van der Waals surface area contributed by atoms with E-state index in [0.29, 0.717) is 0 Å². The highest BCUT2D eigenvalue weighted by molar-refractivity contribution is 5.52. The molecule has 0 saturated heterocycles. The maximum absolute atomic E-state index is 4.89. The molecule has 0 amide bonds. The highest BCUT2D eigenvalue weighted by atomic mass is 16.6. The van der Waals surface area contributed by atoms with Crippen molar-refractivity contribution in [3.8, 4) is 0 Å². The molecule has 0 aliphatic heterocycles. The van der Waals surface area contributed by atoms with Crippen molar-refractivity contribution in [3.05, 3.63) is 0 Å². The second-order valence-electron chi connectivity index (χ2n) is 2.52. The van der Waals surface area contributed by atoms with Crippen LogP contribution in [0.25, 0.3) is 0 Å². The lowest BCUT2D eigenvalue weighted by Gasteiger charge is -2.14. The lowest BCUT2D eigenvalue weighted by atomic mass is 10.2. The van der Waals surface area contributed by atoms with E-state index in [4.69, 9.17) is 4.84 Å². The molecule has 0 aliphatic rings. The maximum Gasteiger partial charge on any atom is 0.129 e. The van der Waals surface area contributed by atoms with Crippen molar-refractivity contribution in [2.24, 2.45) is 5.16 Å². The molecule has 0 spiro atoms. The fraction of sp³-hybridized carbons (Fsp3) is 0.833. The Balaban J connectivity index is 3.39. The van der Waals surface area contributed by atoms with Gasteiger partial charge in [-0.15, -0.1) is 0 Å². The van der Waals surface area contributed by atoms with E-state index in [1.165, 1.54) is 0 Å². The first-order chi connectivity index (χ1) is 3.56. The summed E-state index contributed by atoms with van der Waals surface area (Å²) in [7, 11) is 0. The minimum Gasteiger partial charge on any atom is -0.390 e. The fourth-order valence-electron chi connectivity index (χ4n) is 0.183. The van der Waals surface area contributed by atoms with Crippen LogP contribution in [0.4, 0.5) is 0 Å². The van der Waals surface area contributed by atoms with Gasteiger partial charge in [0.15, 0.2) is 0 Å². The molecule has 0 aliphatic carbocycles. The van der Waals surface area contributed by atoms with Gasteiger partial charge < -0.3 is 4.84 Å². The smallest absolute Gasteiger partial charge is 0.129 e. The average molecular weight is 114 g/mol. The van der Waals surface area contributed by atoms with Crippen molar-refractivity contribution in [2.45, 2.75) is 33.3 Å². The zero-order valence-corrected chi connectivity index (χ0v) is 5.86. The molecule has 0 aromatic carbocycles. The van der Waals surface area contributed by atoms with Crippen molar-refractivity contribution >= 4 is 6.21 Å². The molecule has 0 aromatic heterocycles. The van der Waals surface area contributed by atoms with E-state index in [-0.39, 0.29) is 5.60 Å². The zero-order valence-electron chi connectivity index (χ0n) is 5.86. The van der Waals surface area contributed by atoms with Gasteiger partial charge >= 0.3 is 0 Å². The normalized spacial score (nSPS) is 12.5. The van der Waals surface area contributed by atoms with Gasteiger partial charge in [0.25, 0.3) is 0 Å². The molecule has 47 valence electrons. The molecular formula is C6H12NO. The Morgan fingerprint density at radius 2 is 1.88 bits per heavy atom. The van der Waals surface area contributed by atoms with E-state index < -0.39 is 0 Å². The van der Waals surface area contributed by atoms with Crippen LogP contribution < -0.4 is 0 Å². The summed E-state index contributed by atoms with van der Waals surface area (Å²) < 4.78 is 0. The van der Waals surface area contributed by atoms with Crippen LogP contribution >= 0.6 is 0 Å². The lowest BCUT2D eigenvalue weighted by Crippen LogP contribution is -2.15. The SMILES string of the molecule is C/[C]=N/OC(C)(C)C. The van der Waals surface area contributed by atoms with Gasteiger partial charge in [-0.25, -0.2) is 0 Å². The summed E-state index contributed by atoms with van der Waals surface area (Å²) in [6.07, 6.45) is 2.53. The summed E-state index contributed by atoms with van der Waals surface area (Å²) in [5.41, 5.74) is -0.178. The first kappa shape index (κ1) is 7.47. The van der Waals surface area contributed by atoms with Crippen LogP contribution in [0.1, 0.15) is 27.7 Å². The summed E-state index contributed by atoms with van der Waals surface area (Å²) >= 11 is 0. The molecule has 0 fully saturated rings. The Bertz CT molecular complexity index is 81.0. The van der Waals surface area contributed by atoms with E-state index in [9.17, 15) is 0 Å². The minimum atomic E-state index is -0.178. The molecular weight excluding hydrogens is 102 g/mol. The second-order valence-corrected chi connectivity index (χ2v) is 2.52. The van der Waals surface area contributed by atoms with Gasteiger partial charge in [-0.05, 0) is 27.7 Å². The summed E-state index contributed by atoms with van der Waals surface area (Å²) in [6.45, 7) is 7.52. The van der Waals surface area contributed by atoms with E-state index in [2.05, 4.69) is 11.4 Å². The third-order valence-electron chi connectivity index (χ3n) is 0.411. The summed E-state index contributed by atoms with van der Waals surface area (Å²) in [5, 5.41) is 3.49. The largest absolute Gasteiger partial charge is 0.390 e. The molecule has 0 unspecified atom stereocenters. The highest BCUT2D eigenvalue weighted by Crippen LogP contribution is 2.05. The van der Waals surface area contributed by atoms with E-state index >= 15 is 0 Å². The molecule has 2 heteroatoms. The van der Waals surface area contributed by atoms with Crippen LogP contribution in [0.2, 0.25) is 0 Å². The second kappa shape index (κ2) is 2.70. The molecule has 8 heavy (non-hydrogen) atoms. The molecule has 1 radical (unpaired) electrons. The molecule has 0 aromatic rings. The van der Waals surface area contributed by atoms with Gasteiger partial charge in [0, 0.05) is 0 Å². The molecule has 2 nitrogen and oxygen atoms in total. The van der Waals surface area contributed by atoms with Gasteiger partial charge in [0.05, 0.1) is 0 Å². The summed E-state index contributed by atoms with van der Waals surface area (Å²) in [6, 6.07) is 0. The van der Waals surface area contributed by atoms with Crippen molar-refractivity contribution in [1.82, 2.24) is 0 Å². The van der Waals surface area contributed by atoms with Crippen LogP contribution in [0, 0.1) is 0 Å². The van der Waals surface area contributed by atoms with Gasteiger partial charge in [-0.1, -0.05) is 5.16 Å². The predicted molar refractivity (Wildman–Crippen MR) is 33.9 cm³/mol. The summed E-state index contributed by atoms with van der Waals surface area (Å²) in [4.78, 5) is 4.89. The van der Waals surface area contributed by atoms with Crippen molar-refractivity contribution in [3.63, 3.8) is 0 Å². The van der Waals surface area contributed by atoms with Gasteiger partial charge in [0.1, 0.15) is 11.8 Å². The Kier molecular flexibility index (Phi) is 2.52. The Morgan fingerprint density at radius 1 is 1.38 bits per heavy atom. The zero-order chi connectivity index (χ0) is 6.62. The van der Waals surface area contributed by atoms with Crippen LogP contribution in [0.5, 0.6) is 0 Å². The maximum atomic E-state index is 4.89. The Morgan fingerprint density at radius 3 is 2.00 bits per heavy atom. The van der Waals surface area contributed by atoms with Crippen molar-refractivity contribution < 1.29 is 4.84 Å². The molecule has 0 N–H and O–H groups in total. The third-order valence-corrected chi connectivity index (χ3v) is 0.411. The fourth-order valence-corrected chi connectivity index (χ4v) is 0.183. The van der Waals surface area contributed by atoms with Gasteiger partial charge in [0.2, 0.25) is 0 Å². The number of rotatable bonds is 1. The van der Waals surface area contributed by atoms with Crippen LogP contribution in [-0.2, 0) is 4.84 Å². The first-order valence-electron chi connectivity index (χ1n) is 2.61. The number of hydrogen-bond acceptors (Lipinski definition) is 2. The van der Waals surface area contributed by atoms with Crippen molar-refractivity contribution in [2.75, 3.05) is 0 Å². The van der Waals surface area contributed by atoms with E-state index in [1.807, 2.05) is 20.8 Å². The standard InChI is InChI=1S/C6H12NO/c1-5-7-8-6(2,3)4/h1-4H3. The number of nitrogens with zero attached hydrogens (tertiary/aromatic N) is 1. The molecule has 0 atom stereocenters. The molecule has 0 bridgehead atoms. The number of hydrogen-bond donors (Lipinski definition) is 0. The lowest BCUT2D eigenvalue weighted by molar-refractivity contribution is 0.00180. The van der Waals surface area contributed by atoms with Gasteiger partial charge in [-0.2, -0.15) is 0 Å². The van der Waals surface area contributed by atoms with Crippen LogP contribution in [0.15, 0.2) is 5.16 Å². The quantitative estimate of drug-likeness (QED) is 0.375. The topological polar surface area (TPSA) is 21.6 Å². The van der Waals surface area contributed by atoms with Crippen LogP contribution in [0.3, 0.4) is 0 Å². The minimum absolute atomic E-state index is 0.178. The molecule has 0 heterocycles. The Hall–Kier alpha value is -0.530. The van der Waals surface area contributed by atoms with E-state index in [0.717, 1.165) is 0 Å². The Labute approximate surface area is 50.5 Å². The first-order valence-corrected chi connectivity index (χ1v) is 2.61. The monoisotopic (exact) mass is 114 g/mol. The predicted octanol–water partition coefficient (Wildman–Crippen LogP) is 1.68. The van der Waals surface area contributed by atoms with Crippen LogP contribution in [-0.4, -0.2) is 11.8 Å². The highest BCUT2D eigenvalue weighted by Gasteiger charge is 2.08. The third kappa shape index (κ3) is 5.47. The molecule has 0 rings (SSSR count). The summed E-state index contributed by atoms with van der Waals surface area (Å²) in [5.74, 6) is 0. The van der Waals surface area contributed by atoms with Crippen molar-refractivity contribution in [1.29, 1.82) is 0 Å². The van der Waals surface area contributed by atoms with E-state index in [1.54, 1.807) is 6.92 Å². The average Bonchev–Trinajstić information content (AvgIpc) is 1.59. The molecule has 0 saturated carbocycles. The van der Waals surface area contributed by atoms with Gasteiger partial charge in [-0.3, -0.25) is 0 Å².